The average molecular weight is 404 g/mol. The van der Waals surface area contributed by atoms with Crippen LogP contribution in [0.5, 0.6) is 0 Å². The number of amides is 1. The second kappa shape index (κ2) is 9.11. The molecule has 28 heavy (non-hydrogen) atoms. The first kappa shape index (κ1) is 20.2. The number of carbonyl (C=O) groups excluding carboxylic acids is 1. The summed E-state index contributed by atoms with van der Waals surface area (Å²) in [7, 11) is -3.19. The molecule has 2 aromatic heterocycles. The predicted molar refractivity (Wildman–Crippen MR) is 108 cm³/mol. The van der Waals surface area contributed by atoms with Crippen LogP contribution >= 0.6 is 0 Å². The first-order chi connectivity index (χ1) is 13.4. The molecular weight excluding hydrogens is 378 g/mol. The molecule has 2 aromatic rings. The zero-order valence-corrected chi connectivity index (χ0v) is 16.7. The van der Waals surface area contributed by atoms with Gasteiger partial charge in [0, 0.05) is 50.2 Å². The zero-order chi connectivity index (χ0) is 20.0. The van der Waals surface area contributed by atoms with E-state index in [0.717, 1.165) is 24.4 Å². The third kappa shape index (κ3) is 5.49. The fourth-order valence-corrected chi connectivity index (χ4v) is 4.11. The van der Waals surface area contributed by atoms with Crippen LogP contribution in [0.2, 0.25) is 0 Å². The number of aromatic nitrogens is 2. The molecule has 1 fully saturated rings. The van der Waals surface area contributed by atoms with Crippen LogP contribution in [0.25, 0.3) is 0 Å². The minimum absolute atomic E-state index is 0.0585. The van der Waals surface area contributed by atoms with Gasteiger partial charge in [0.05, 0.1) is 11.8 Å². The Hall–Kier alpha value is -2.52. The predicted octanol–water partition coefficient (Wildman–Crippen LogP) is 1.46. The number of hydrogen-bond donors (Lipinski definition) is 2. The van der Waals surface area contributed by atoms with Crippen LogP contribution in [0, 0.1) is 0 Å². The minimum Gasteiger partial charge on any atom is -0.368 e. The lowest BCUT2D eigenvalue weighted by Crippen LogP contribution is -2.38. The number of piperidine rings is 1. The van der Waals surface area contributed by atoms with Gasteiger partial charge in [-0.15, -0.1) is 0 Å². The van der Waals surface area contributed by atoms with Crippen LogP contribution in [-0.2, 0) is 10.0 Å². The summed E-state index contributed by atoms with van der Waals surface area (Å²) in [5.41, 5.74) is 1.30. The summed E-state index contributed by atoms with van der Waals surface area (Å²) < 4.78 is 25.0. The van der Waals surface area contributed by atoms with Gasteiger partial charge in [0.1, 0.15) is 5.82 Å². The molecule has 3 rings (SSSR count). The standard InChI is InChI=1S/C19H25N5O3S/c1-28(26,27)24-12-4-5-16(14-24)17-8-7-15(13-23-17)19(25)22-11-10-21-18-6-2-3-9-20-18/h2-3,6-9,13,16H,4-5,10-12,14H2,1H3,(H,20,21)(H,22,25). The maximum Gasteiger partial charge on any atom is 0.252 e. The van der Waals surface area contributed by atoms with Gasteiger partial charge in [-0.3, -0.25) is 9.78 Å². The Kier molecular flexibility index (Phi) is 6.58. The SMILES string of the molecule is CS(=O)(=O)N1CCCC(c2ccc(C(=O)NCCNc3ccccn3)cn2)C1. The van der Waals surface area contributed by atoms with Crippen molar-refractivity contribution in [2.75, 3.05) is 37.8 Å². The number of nitrogens with one attached hydrogen (secondary N) is 2. The number of nitrogens with zero attached hydrogens (tertiary/aromatic N) is 3. The maximum absolute atomic E-state index is 12.2. The van der Waals surface area contributed by atoms with Crippen molar-refractivity contribution < 1.29 is 13.2 Å². The van der Waals surface area contributed by atoms with Crippen LogP contribution < -0.4 is 10.6 Å². The summed E-state index contributed by atoms with van der Waals surface area (Å²) in [6.07, 6.45) is 6.19. The van der Waals surface area contributed by atoms with E-state index in [0.29, 0.717) is 31.7 Å². The van der Waals surface area contributed by atoms with Gasteiger partial charge in [-0.2, -0.15) is 0 Å². The largest absolute Gasteiger partial charge is 0.368 e. The highest BCUT2D eigenvalue weighted by molar-refractivity contribution is 7.88. The van der Waals surface area contributed by atoms with Gasteiger partial charge in [0.25, 0.3) is 5.91 Å². The van der Waals surface area contributed by atoms with Crippen LogP contribution in [0.1, 0.15) is 34.8 Å². The Balaban J connectivity index is 1.50. The minimum atomic E-state index is -3.19. The Morgan fingerprint density at radius 1 is 1.21 bits per heavy atom. The van der Waals surface area contributed by atoms with E-state index in [1.165, 1.54) is 10.6 Å². The molecule has 150 valence electrons. The lowest BCUT2D eigenvalue weighted by molar-refractivity contribution is 0.0954. The summed E-state index contributed by atoms with van der Waals surface area (Å²) in [5.74, 6) is 0.629. The molecule has 1 amide bonds. The molecule has 1 aliphatic rings. The number of pyridine rings is 2. The van der Waals surface area contributed by atoms with E-state index in [2.05, 4.69) is 20.6 Å². The quantitative estimate of drug-likeness (QED) is 0.678. The molecule has 0 aliphatic carbocycles. The van der Waals surface area contributed by atoms with Crippen LogP contribution in [-0.4, -0.2) is 61.0 Å². The summed E-state index contributed by atoms with van der Waals surface area (Å²) in [6.45, 7) is 2.03. The number of carbonyl (C=O) groups is 1. The van der Waals surface area contributed by atoms with Crippen molar-refractivity contribution in [3.8, 4) is 0 Å². The molecule has 1 aliphatic heterocycles. The monoisotopic (exact) mass is 403 g/mol. The van der Waals surface area contributed by atoms with Gasteiger partial charge >= 0.3 is 0 Å². The number of hydrogen-bond acceptors (Lipinski definition) is 6. The van der Waals surface area contributed by atoms with Crippen molar-refractivity contribution in [2.45, 2.75) is 18.8 Å². The Labute approximate surface area is 165 Å². The Morgan fingerprint density at radius 3 is 2.75 bits per heavy atom. The molecule has 2 N–H and O–H groups in total. The van der Waals surface area contributed by atoms with Crippen molar-refractivity contribution in [1.29, 1.82) is 0 Å². The van der Waals surface area contributed by atoms with Crippen molar-refractivity contribution in [2.24, 2.45) is 0 Å². The van der Waals surface area contributed by atoms with Crippen molar-refractivity contribution in [3.63, 3.8) is 0 Å². The van der Waals surface area contributed by atoms with E-state index < -0.39 is 10.0 Å². The van der Waals surface area contributed by atoms with E-state index in [9.17, 15) is 13.2 Å². The van der Waals surface area contributed by atoms with E-state index in [1.54, 1.807) is 18.5 Å². The molecular formula is C19H25N5O3S. The Morgan fingerprint density at radius 2 is 2.07 bits per heavy atom. The number of anilines is 1. The van der Waals surface area contributed by atoms with Crippen molar-refractivity contribution in [3.05, 3.63) is 54.0 Å². The topological polar surface area (TPSA) is 104 Å². The van der Waals surface area contributed by atoms with E-state index in [4.69, 9.17) is 0 Å². The van der Waals surface area contributed by atoms with Crippen LogP contribution in [0.15, 0.2) is 42.7 Å². The highest BCUT2D eigenvalue weighted by atomic mass is 32.2. The lowest BCUT2D eigenvalue weighted by Gasteiger charge is -2.30. The molecule has 9 heteroatoms. The lowest BCUT2D eigenvalue weighted by atomic mass is 9.95. The maximum atomic E-state index is 12.2. The molecule has 3 heterocycles. The molecule has 1 unspecified atom stereocenters. The smallest absolute Gasteiger partial charge is 0.252 e. The molecule has 0 bridgehead atoms. The van der Waals surface area contributed by atoms with Gasteiger partial charge in [-0.1, -0.05) is 6.07 Å². The first-order valence-electron chi connectivity index (χ1n) is 9.27. The van der Waals surface area contributed by atoms with Crippen molar-refractivity contribution >= 4 is 21.7 Å². The second-order valence-electron chi connectivity index (χ2n) is 6.83. The summed E-state index contributed by atoms with van der Waals surface area (Å²) in [6, 6.07) is 9.15. The normalized spacial score (nSPS) is 17.8. The summed E-state index contributed by atoms with van der Waals surface area (Å²) >= 11 is 0. The third-order valence-electron chi connectivity index (χ3n) is 4.70. The van der Waals surface area contributed by atoms with Gasteiger partial charge in [0.15, 0.2) is 0 Å². The molecule has 0 saturated carbocycles. The second-order valence-corrected chi connectivity index (χ2v) is 8.81. The van der Waals surface area contributed by atoms with Gasteiger partial charge in [-0.05, 0) is 37.1 Å². The number of rotatable bonds is 7. The van der Waals surface area contributed by atoms with Crippen LogP contribution in [0.4, 0.5) is 5.82 Å². The first-order valence-corrected chi connectivity index (χ1v) is 11.1. The Bertz CT molecular complexity index is 888. The highest BCUT2D eigenvalue weighted by Crippen LogP contribution is 2.26. The van der Waals surface area contributed by atoms with Gasteiger partial charge < -0.3 is 10.6 Å². The molecule has 8 nitrogen and oxygen atoms in total. The van der Waals surface area contributed by atoms with Gasteiger partial charge in [-0.25, -0.2) is 17.7 Å². The average Bonchev–Trinajstić information content (AvgIpc) is 2.71. The molecule has 0 radical (unpaired) electrons. The fourth-order valence-electron chi connectivity index (χ4n) is 3.20. The highest BCUT2D eigenvalue weighted by Gasteiger charge is 2.27. The van der Waals surface area contributed by atoms with Crippen molar-refractivity contribution in [1.82, 2.24) is 19.6 Å². The third-order valence-corrected chi connectivity index (χ3v) is 5.97. The summed E-state index contributed by atoms with van der Waals surface area (Å²) in [5, 5.41) is 5.96. The van der Waals surface area contributed by atoms with E-state index >= 15 is 0 Å². The zero-order valence-electron chi connectivity index (χ0n) is 15.8. The van der Waals surface area contributed by atoms with Crippen LogP contribution in [0.3, 0.4) is 0 Å². The van der Waals surface area contributed by atoms with E-state index in [-0.39, 0.29) is 11.8 Å². The summed E-state index contributed by atoms with van der Waals surface area (Å²) in [4.78, 5) is 20.8. The molecule has 0 aromatic carbocycles. The fraction of sp³-hybridized carbons (Fsp3) is 0.421. The number of sulfonamides is 1. The molecule has 1 saturated heterocycles. The van der Waals surface area contributed by atoms with Gasteiger partial charge in [0.2, 0.25) is 10.0 Å². The molecule has 0 spiro atoms. The van der Waals surface area contributed by atoms with E-state index in [1.807, 2.05) is 24.3 Å². The molecule has 1 atom stereocenters.